The van der Waals surface area contributed by atoms with Crippen molar-refractivity contribution in [2.45, 2.75) is 61.7 Å². The molecule has 1 amide bonds. The summed E-state index contributed by atoms with van der Waals surface area (Å²) >= 11 is 0. The van der Waals surface area contributed by atoms with Crippen molar-refractivity contribution in [3.8, 4) is 0 Å². The normalized spacial score (nSPS) is 30.0. The van der Waals surface area contributed by atoms with Crippen molar-refractivity contribution in [2.75, 3.05) is 0 Å². The third-order valence-corrected chi connectivity index (χ3v) is 9.94. The smallest absolute Gasteiger partial charge is 0.352 e. The number of alkyl halides is 3. The van der Waals surface area contributed by atoms with Crippen LogP contribution in [-0.2, 0) is 27.5 Å². The Morgan fingerprint density at radius 3 is 2.00 bits per heavy atom. The number of hydrogen-bond acceptors (Lipinski definition) is 3. The zero-order valence-corrected chi connectivity index (χ0v) is 19.0. The van der Waals surface area contributed by atoms with Crippen LogP contribution in [0.5, 0.6) is 0 Å². The van der Waals surface area contributed by atoms with Crippen molar-refractivity contribution >= 4 is 15.9 Å². The lowest BCUT2D eigenvalue weighted by Gasteiger charge is -2.67. The van der Waals surface area contributed by atoms with Crippen LogP contribution in [0.25, 0.3) is 0 Å². The first-order valence-corrected chi connectivity index (χ1v) is 12.7. The van der Waals surface area contributed by atoms with Crippen LogP contribution in [0.1, 0.15) is 49.7 Å². The number of carbonyl (C=O) groups is 1. The van der Waals surface area contributed by atoms with E-state index < -0.39 is 38.1 Å². The minimum atomic E-state index is -4.55. The molecule has 0 bridgehead atoms. The summed E-state index contributed by atoms with van der Waals surface area (Å²) in [7, 11) is -4.07. The van der Waals surface area contributed by atoms with Crippen molar-refractivity contribution in [3.05, 3.63) is 65.5 Å². The number of hydrogen-bond donors (Lipinski definition) is 2. The Kier molecular flexibility index (Phi) is 5.15. The minimum Gasteiger partial charge on any atom is -0.352 e. The maximum atomic E-state index is 13.3. The zero-order chi connectivity index (χ0) is 24.4. The highest BCUT2D eigenvalue weighted by Gasteiger charge is 2.79. The average Bonchev–Trinajstić information content (AvgIpc) is 2.87. The van der Waals surface area contributed by atoms with Crippen LogP contribution in [0.4, 0.5) is 17.6 Å². The van der Waals surface area contributed by atoms with E-state index >= 15 is 0 Å². The van der Waals surface area contributed by atoms with Gasteiger partial charge in [0.2, 0.25) is 15.9 Å². The first-order valence-electron chi connectivity index (χ1n) is 11.2. The Morgan fingerprint density at radius 1 is 0.882 bits per heavy atom. The van der Waals surface area contributed by atoms with Gasteiger partial charge in [0.05, 0.1) is 15.9 Å². The third kappa shape index (κ3) is 3.29. The molecule has 1 spiro atoms. The molecule has 3 atom stereocenters. The summed E-state index contributed by atoms with van der Waals surface area (Å²) in [6, 6.07) is 9.30. The lowest BCUT2D eigenvalue weighted by molar-refractivity contribution is -0.180. The van der Waals surface area contributed by atoms with Crippen molar-refractivity contribution in [1.29, 1.82) is 0 Å². The summed E-state index contributed by atoms with van der Waals surface area (Å²) in [6.07, 6.45) is -0.843. The lowest BCUT2D eigenvalue weighted by Crippen LogP contribution is -2.74. The second-order valence-electron chi connectivity index (χ2n) is 9.68. The average molecular weight is 497 g/mol. The van der Waals surface area contributed by atoms with Gasteiger partial charge in [0, 0.05) is 17.5 Å². The van der Waals surface area contributed by atoms with Crippen LogP contribution in [0.15, 0.2) is 53.4 Å². The SMILES string of the molecule is O=C(NCc1ccc(F)cc1)[C@@]12CCC13CC[C@]3(NS(=O)(=O)c1ccc(C(F)(F)F)cc1)CC2. The molecule has 1 unspecified atom stereocenters. The number of halogens is 4. The van der Waals surface area contributed by atoms with Crippen molar-refractivity contribution in [3.63, 3.8) is 0 Å². The highest BCUT2D eigenvalue weighted by atomic mass is 32.2. The van der Waals surface area contributed by atoms with E-state index in [-0.39, 0.29) is 23.2 Å². The van der Waals surface area contributed by atoms with Crippen LogP contribution in [0.2, 0.25) is 0 Å². The topological polar surface area (TPSA) is 75.3 Å². The molecule has 0 aliphatic heterocycles. The largest absolute Gasteiger partial charge is 0.416 e. The van der Waals surface area contributed by atoms with Gasteiger partial charge in [-0.3, -0.25) is 4.79 Å². The van der Waals surface area contributed by atoms with Gasteiger partial charge in [0.25, 0.3) is 0 Å². The van der Waals surface area contributed by atoms with Crippen molar-refractivity contribution in [1.82, 2.24) is 10.0 Å². The molecule has 182 valence electrons. The molecule has 5 rings (SSSR count). The Balaban J connectivity index is 1.33. The fourth-order valence-corrected chi connectivity index (χ4v) is 7.94. The molecule has 2 aromatic carbocycles. The van der Waals surface area contributed by atoms with Gasteiger partial charge in [-0.05, 0) is 80.5 Å². The number of rotatable bonds is 6. The Morgan fingerprint density at radius 2 is 1.47 bits per heavy atom. The molecule has 0 aromatic heterocycles. The molecule has 34 heavy (non-hydrogen) atoms. The summed E-state index contributed by atoms with van der Waals surface area (Å²) in [4.78, 5) is 13.1. The third-order valence-electron chi connectivity index (χ3n) is 8.39. The Bertz CT molecular complexity index is 1230. The van der Waals surface area contributed by atoms with E-state index in [4.69, 9.17) is 0 Å². The quantitative estimate of drug-likeness (QED) is 0.577. The molecule has 3 aliphatic carbocycles. The van der Waals surface area contributed by atoms with Gasteiger partial charge in [-0.2, -0.15) is 13.2 Å². The number of nitrogens with one attached hydrogen (secondary N) is 2. The molecular formula is C24H24F4N2O3S. The molecule has 0 radical (unpaired) electrons. The molecule has 2 N–H and O–H groups in total. The van der Waals surface area contributed by atoms with Gasteiger partial charge >= 0.3 is 6.18 Å². The number of carbonyl (C=O) groups excluding carboxylic acids is 1. The maximum absolute atomic E-state index is 13.3. The number of benzene rings is 2. The van der Waals surface area contributed by atoms with Crippen LogP contribution in [0.3, 0.4) is 0 Å². The zero-order valence-electron chi connectivity index (χ0n) is 18.2. The van der Waals surface area contributed by atoms with Gasteiger partial charge in [0.1, 0.15) is 5.82 Å². The fourth-order valence-electron chi connectivity index (χ4n) is 6.41. The van der Waals surface area contributed by atoms with Gasteiger partial charge in [-0.15, -0.1) is 0 Å². The van der Waals surface area contributed by atoms with Crippen LogP contribution in [0, 0.1) is 16.6 Å². The van der Waals surface area contributed by atoms with E-state index in [1.165, 1.54) is 12.1 Å². The molecule has 0 saturated heterocycles. The second kappa shape index (κ2) is 7.52. The summed E-state index contributed by atoms with van der Waals surface area (Å²) in [6.45, 7) is 0.251. The van der Waals surface area contributed by atoms with Gasteiger partial charge < -0.3 is 5.32 Å². The van der Waals surface area contributed by atoms with E-state index in [0.717, 1.165) is 29.8 Å². The van der Waals surface area contributed by atoms with Gasteiger partial charge in [-0.25, -0.2) is 17.5 Å². The fraction of sp³-hybridized carbons (Fsp3) is 0.458. The molecule has 3 aliphatic rings. The number of amides is 1. The van der Waals surface area contributed by atoms with Crippen LogP contribution < -0.4 is 10.0 Å². The van der Waals surface area contributed by atoms with E-state index in [1.807, 2.05) is 0 Å². The molecule has 5 nitrogen and oxygen atoms in total. The molecule has 3 fully saturated rings. The second-order valence-corrected chi connectivity index (χ2v) is 11.4. The van der Waals surface area contributed by atoms with Gasteiger partial charge in [0.15, 0.2) is 0 Å². The van der Waals surface area contributed by atoms with Crippen LogP contribution >= 0.6 is 0 Å². The molecule has 2 aromatic rings. The maximum Gasteiger partial charge on any atom is 0.416 e. The number of sulfonamides is 1. The van der Waals surface area contributed by atoms with E-state index in [1.54, 1.807) is 12.1 Å². The highest BCUT2D eigenvalue weighted by Crippen LogP contribution is 2.78. The molecule has 3 saturated carbocycles. The predicted octanol–water partition coefficient (Wildman–Crippen LogP) is 4.53. The van der Waals surface area contributed by atoms with Crippen LogP contribution in [-0.4, -0.2) is 19.9 Å². The monoisotopic (exact) mass is 496 g/mol. The minimum absolute atomic E-state index is 0.127. The summed E-state index contributed by atoms with van der Waals surface area (Å²) in [5.41, 5.74) is -2.10. The summed E-state index contributed by atoms with van der Waals surface area (Å²) in [5.74, 6) is -0.486. The Hall–Kier alpha value is -2.46. The highest BCUT2D eigenvalue weighted by molar-refractivity contribution is 7.89. The first kappa shape index (κ1) is 23.3. The molecular weight excluding hydrogens is 472 g/mol. The molecule has 10 heteroatoms. The van der Waals surface area contributed by atoms with E-state index in [0.29, 0.717) is 38.5 Å². The summed E-state index contributed by atoms with van der Waals surface area (Å²) in [5, 5.41) is 2.95. The lowest BCUT2D eigenvalue weighted by atomic mass is 9.38. The van der Waals surface area contributed by atoms with E-state index in [2.05, 4.69) is 10.0 Å². The summed E-state index contributed by atoms with van der Waals surface area (Å²) < 4.78 is 80.7. The van der Waals surface area contributed by atoms with Crippen molar-refractivity contribution in [2.24, 2.45) is 10.8 Å². The molecule has 0 heterocycles. The van der Waals surface area contributed by atoms with Gasteiger partial charge in [-0.1, -0.05) is 12.1 Å². The van der Waals surface area contributed by atoms with Crippen molar-refractivity contribution < 1.29 is 30.8 Å². The Labute approximate surface area is 195 Å². The first-order chi connectivity index (χ1) is 15.9. The predicted molar refractivity (Wildman–Crippen MR) is 115 cm³/mol. The standard InChI is InChI=1S/C24H24F4N2O3S/c25-18-5-1-16(2-6-18)15-29-20(31)21-9-11-22(21)12-14-23(22,13-10-21)30-34(32,33)19-7-3-17(4-8-19)24(26,27)28/h1-8,30H,9-15H2,(H,29,31)/t21-,22?,23+/m0/s1. The van der Waals surface area contributed by atoms with E-state index in [9.17, 15) is 30.8 Å².